The van der Waals surface area contributed by atoms with E-state index in [1.54, 1.807) is 0 Å². The molecule has 3 heteroatoms. The lowest BCUT2D eigenvalue weighted by Crippen LogP contribution is -2.36. The Morgan fingerprint density at radius 3 is 2.80 bits per heavy atom. The molecule has 1 aliphatic heterocycles. The van der Waals surface area contributed by atoms with Crippen LogP contribution in [0.5, 0.6) is 5.75 Å². The van der Waals surface area contributed by atoms with Crippen LogP contribution in [0.25, 0.3) is 0 Å². The first-order valence-corrected chi connectivity index (χ1v) is 8.21. The van der Waals surface area contributed by atoms with Crippen molar-refractivity contribution in [2.75, 3.05) is 13.1 Å². The van der Waals surface area contributed by atoms with Gasteiger partial charge < -0.3 is 10.1 Å². The second-order valence-electron chi connectivity index (χ2n) is 6.46. The van der Waals surface area contributed by atoms with Gasteiger partial charge in [0.2, 0.25) is 0 Å². The molecule has 0 bridgehead atoms. The normalized spacial score (nSPS) is 25.0. The Hall–Kier alpha value is -0.730. The Labute approximate surface area is 126 Å². The zero-order chi connectivity index (χ0) is 14.0. The highest BCUT2D eigenvalue weighted by Gasteiger charge is 2.39. The highest BCUT2D eigenvalue weighted by atomic mass is 35.5. The fourth-order valence-corrected chi connectivity index (χ4v) is 3.97. The lowest BCUT2D eigenvalue weighted by atomic mass is 9.88. The maximum atomic E-state index is 6.52. The Balaban J connectivity index is 1.76. The summed E-state index contributed by atoms with van der Waals surface area (Å²) in [6, 6.07) is 5.96. The molecule has 20 heavy (non-hydrogen) atoms. The topological polar surface area (TPSA) is 21.3 Å². The van der Waals surface area contributed by atoms with Crippen LogP contribution in [-0.2, 0) is 0 Å². The summed E-state index contributed by atoms with van der Waals surface area (Å²) in [5.41, 5.74) is 1.21. The van der Waals surface area contributed by atoms with Crippen LogP contribution in [-0.4, -0.2) is 18.7 Å². The number of rotatable bonds is 4. The van der Waals surface area contributed by atoms with Crippen molar-refractivity contribution in [3.63, 3.8) is 0 Å². The van der Waals surface area contributed by atoms with Crippen molar-refractivity contribution in [1.82, 2.24) is 5.32 Å². The summed E-state index contributed by atoms with van der Waals surface area (Å²) in [5.74, 6) is 1.79. The maximum absolute atomic E-state index is 6.52. The van der Waals surface area contributed by atoms with Gasteiger partial charge in [-0.1, -0.05) is 11.6 Å². The molecule has 1 aliphatic carbocycles. The van der Waals surface area contributed by atoms with Crippen LogP contribution >= 0.6 is 11.6 Å². The van der Waals surface area contributed by atoms with Gasteiger partial charge in [0, 0.05) is 5.02 Å². The van der Waals surface area contributed by atoms with Crippen molar-refractivity contribution >= 4 is 11.6 Å². The molecule has 1 heterocycles. The van der Waals surface area contributed by atoms with E-state index in [0.717, 1.165) is 28.8 Å². The van der Waals surface area contributed by atoms with Crippen LogP contribution in [0.3, 0.4) is 0 Å². The molecule has 2 nitrogen and oxygen atoms in total. The first kappa shape index (κ1) is 14.2. The summed E-state index contributed by atoms with van der Waals surface area (Å²) < 4.78 is 6.52. The monoisotopic (exact) mass is 293 g/mol. The smallest absolute Gasteiger partial charge is 0.123 e. The van der Waals surface area contributed by atoms with E-state index in [9.17, 15) is 0 Å². The third-order valence-corrected chi connectivity index (χ3v) is 5.04. The van der Waals surface area contributed by atoms with Crippen molar-refractivity contribution in [2.24, 2.45) is 5.92 Å². The molecule has 1 aromatic rings. The second-order valence-corrected chi connectivity index (χ2v) is 6.90. The van der Waals surface area contributed by atoms with E-state index in [-0.39, 0.29) is 5.60 Å². The molecule has 110 valence electrons. The van der Waals surface area contributed by atoms with Gasteiger partial charge in [0.05, 0.1) is 0 Å². The zero-order valence-electron chi connectivity index (χ0n) is 12.3. The Kier molecular flexibility index (Phi) is 4.23. The molecule has 1 aromatic carbocycles. The van der Waals surface area contributed by atoms with Gasteiger partial charge in [-0.25, -0.2) is 0 Å². The van der Waals surface area contributed by atoms with Gasteiger partial charge in [0.15, 0.2) is 0 Å². The van der Waals surface area contributed by atoms with E-state index < -0.39 is 0 Å². The number of benzene rings is 1. The predicted octanol–water partition coefficient (Wildman–Crippen LogP) is 4.34. The minimum atomic E-state index is 0.0648. The summed E-state index contributed by atoms with van der Waals surface area (Å²) in [7, 11) is 0. The number of nitrogens with one attached hydrogen (secondary N) is 1. The average Bonchev–Trinajstić information content (AvgIpc) is 3.06. The summed E-state index contributed by atoms with van der Waals surface area (Å²) in [5, 5.41) is 4.26. The Morgan fingerprint density at radius 1 is 1.35 bits per heavy atom. The van der Waals surface area contributed by atoms with E-state index in [1.165, 1.54) is 45.1 Å². The fraction of sp³-hybridized carbons (Fsp3) is 0.647. The summed E-state index contributed by atoms with van der Waals surface area (Å²) in [4.78, 5) is 0. The molecule has 3 rings (SSSR count). The highest BCUT2D eigenvalue weighted by Crippen LogP contribution is 2.41. The van der Waals surface area contributed by atoms with E-state index in [2.05, 4.69) is 12.2 Å². The van der Waals surface area contributed by atoms with Gasteiger partial charge in [-0.05, 0) is 88.2 Å². The molecule has 1 atom stereocenters. The van der Waals surface area contributed by atoms with E-state index in [4.69, 9.17) is 16.3 Å². The van der Waals surface area contributed by atoms with Crippen LogP contribution in [0.15, 0.2) is 18.2 Å². The van der Waals surface area contributed by atoms with Gasteiger partial charge in [0.25, 0.3) is 0 Å². The van der Waals surface area contributed by atoms with Gasteiger partial charge in [-0.3, -0.25) is 0 Å². The highest BCUT2D eigenvalue weighted by molar-refractivity contribution is 6.30. The molecule has 0 aromatic heterocycles. The molecule has 1 N–H and O–H groups in total. The first-order valence-electron chi connectivity index (χ1n) is 7.83. The van der Waals surface area contributed by atoms with Crippen molar-refractivity contribution in [3.8, 4) is 5.75 Å². The lowest BCUT2D eigenvalue weighted by molar-refractivity contribution is 0.0506. The average molecular weight is 294 g/mol. The van der Waals surface area contributed by atoms with Gasteiger partial charge in [-0.2, -0.15) is 0 Å². The molecule has 2 aliphatic rings. The number of hydrogen-bond donors (Lipinski definition) is 1. The third-order valence-electron chi connectivity index (χ3n) is 4.80. The molecular weight excluding hydrogens is 270 g/mol. The summed E-state index contributed by atoms with van der Waals surface area (Å²) in [6.07, 6.45) is 7.49. The number of aryl methyl sites for hydroxylation is 1. The first-order chi connectivity index (χ1) is 9.67. The number of ether oxygens (including phenoxy) is 1. The van der Waals surface area contributed by atoms with Crippen LogP contribution in [0.2, 0.25) is 5.02 Å². The standard InChI is InChI=1S/C17H24ClNO/c1-13-10-15(18)4-5-16(13)20-17(7-2-3-8-17)11-14-6-9-19-12-14/h4-5,10,14,19H,2-3,6-9,11-12H2,1H3. The van der Waals surface area contributed by atoms with Gasteiger partial charge in [0.1, 0.15) is 11.4 Å². The van der Waals surface area contributed by atoms with Crippen LogP contribution in [0, 0.1) is 12.8 Å². The summed E-state index contributed by atoms with van der Waals surface area (Å²) >= 11 is 6.04. The molecule has 1 saturated heterocycles. The lowest BCUT2D eigenvalue weighted by Gasteiger charge is -2.33. The molecule has 0 amide bonds. The predicted molar refractivity (Wildman–Crippen MR) is 83.6 cm³/mol. The van der Waals surface area contributed by atoms with Crippen LogP contribution < -0.4 is 10.1 Å². The zero-order valence-corrected chi connectivity index (χ0v) is 13.0. The largest absolute Gasteiger partial charge is 0.487 e. The second kappa shape index (κ2) is 5.95. The van der Waals surface area contributed by atoms with Crippen molar-refractivity contribution in [1.29, 1.82) is 0 Å². The minimum absolute atomic E-state index is 0.0648. The van der Waals surface area contributed by atoms with Crippen molar-refractivity contribution < 1.29 is 4.74 Å². The van der Waals surface area contributed by atoms with E-state index >= 15 is 0 Å². The molecule has 2 fully saturated rings. The van der Waals surface area contributed by atoms with Crippen molar-refractivity contribution in [3.05, 3.63) is 28.8 Å². The van der Waals surface area contributed by atoms with Crippen molar-refractivity contribution in [2.45, 2.75) is 51.0 Å². The molecule has 1 saturated carbocycles. The van der Waals surface area contributed by atoms with Crippen LogP contribution in [0.4, 0.5) is 0 Å². The summed E-state index contributed by atoms with van der Waals surface area (Å²) in [6.45, 7) is 4.41. The van der Waals surface area contributed by atoms with Gasteiger partial charge in [-0.15, -0.1) is 0 Å². The third kappa shape index (κ3) is 3.12. The molecular formula is C17H24ClNO. The maximum Gasteiger partial charge on any atom is 0.123 e. The number of halogens is 1. The van der Waals surface area contributed by atoms with E-state index in [0.29, 0.717) is 0 Å². The quantitative estimate of drug-likeness (QED) is 0.891. The molecule has 0 radical (unpaired) electrons. The number of hydrogen-bond acceptors (Lipinski definition) is 2. The molecule has 1 unspecified atom stereocenters. The molecule has 0 spiro atoms. The SMILES string of the molecule is Cc1cc(Cl)ccc1OC1(CC2CCNC2)CCCC1. The minimum Gasteiger partial charge on any atom is -0.487 e. The van der Waals surface area contributed by atoms with Crippen LogP contribution in [0.1, 0.15) is 44.1 Å². The van der Waals surface area contributed by atoms with Gasteiger partial charge >= 0.3 is 0 Å². The Bertz CT molecular complexity index is 462. The van der Waals surface area contributed by atoms with E-state index in [1.807, 2.05) is 18.2 Å². The Morgan fingerprint density at radius 2 is 2.15 bits per heavy atom. The fourth-order valence-electron chi connectivity index (χ4n) is 3.74.